The summed E-state index contributed by atoms with van der Waals surface area (Å²) in [6.45, 7) is 5.28. The molecule has 4 heterocycles. The lowest BCUT2D eigenvalue weighted by Gasteiger charge is -2.63. The van der Waals surface area contributed by atoms with E-state index in [0.29, 0.717) is 18.8 Å². The zero-order valence-electron chi connectivity index (χ0n) is 34.8. The molecule has 18 unspecified atom stereocenters. The summed E-state index contributed by atoms with van der Waals surface area (Å²) in [5.74, 6) is -0.00189. The van der Waals surface area contributed by atoms with Crippen LogP contribution in [-0.2, 0) is 42.7 Å². The van der Waals surface area contributed by atoms with Gasteiger partial charge in [0.1, 0.15) is 61.5 Å². The summed E-state index contributed by atoms with van der Waals surface area (Å²) in [7, 11) is 1.53. The number of aliphatic hydroxyl groups is 9. The molecule has 0 radical (unpaired) electrons. The Labute approximate surface area is 349 Å². The van der Waals surface area contributed by atoms with Crippen molar-refractivity contribution >= 4 is 5.97 Å². The standard InChI is InChI=1S/C42H66O18/c1-18-37(60-39-36(51)34(49)32(47)27(59-39)17-55-38-35(50)33(48)31(46)26(15-43)58-38)25(53-4)13-29(56-18)57-21-7-9-40(2)20(12-21)5-6-23-22(40)8-10-41(3)30(19-11-28(45)54-16-19)24(44)14-42(23,41)52/h11,18,20-27,29-39,43-44,46-52H,5-10,12-17H2,1-4H3/t18?,20?,21-,22?,23?,24-,25?,26?,27?,29?,30-,31?,32?,33?,34?,35?,36?,37?,38?,39?,40-,41+,42?/m0/s1. The average molecular weight is 859 g/mol. The largest absolute Gasteiger partial charge is 0.458 e. The van der Waals surface area contributed by atoms with Crippen LogP contribution in [0.5, 0.6) is 0 Å². The van der Waals surface area contributed by atoms with E-state index in [1.165, 1.54) is 13.2 Å². The number of methoxy groups -OCH3 is 1. The summed E-state index contributed by atoms with van der Waals surface area (Å²) in [5, 5.41) is 96.4. The van der Waals surface area contributed by atoms with E-state index < -0.39 is 116 Å². The van der Waals surface area contributed by atoms with Crippen LogP contribution in [0.2, 0.25) is 0 Å². The number of rotatable bonds is 10. The van der Waals surface area contributed by atoms with Gasteiger partial charge < -0.3 is 83.9 Å². The molecule has 7 fully saturated rings. The highest BCUT2D eigenvalue weighted by molar-refractivity contribution is 5.85. The fourth-order valence-electron chi connectivity index (χ4n) is 13.0. The van der Waals surface area contributed by atoms with E-state index in [2.05, 4.69) is 13.8 Å². The van der Waals surface area contributed by atoms with Gasteiger partial charge in [0.25, 0.3) is 0 Å². The number of aliphatic hydroxyl groups excluding tert-OH is 8. The summed E-state index contributed by atoms with van der Waals surface area (Å²) < 4.78 is 47.1. The molecule has 18 heteroatoms. The van der Waals surface area contributed by atoms with E-state index >= 15 is 0 Å². The summed E-state index contributed by atoms with van der Waals surface area (Å²) in [4.78, 5) is 12.0. The maximum atomic E-state index is 12.6. The van der Waals surface area contributed by atoms with Crippen molar-refractivity contribution < 1.29 is 88.6 Å². The Morgan fingerprint density at radius 1 is 0.800 bits per heavy atom. The van der Waals surface area contributed by atoms with E-state index in [0.717, 1.165) is 50.5 Å². The Hall–Kier alpha value is -1.43. The van der Waals surface area contributed by atoms with E-state index in [1.807, 2.05) is 0 Å². The molecule has 60 heavy (non-hydrogen) atoms. The number of carbonyl (C=O) groups is 1. The van der Waals surface area contributed by atoms with Crippen molar-refractivity contribution in [1.29, 1.82) is 0 Å². The first-order valence-electron chi connectivity index (χ1n) is 21.8. The van der Waals surface area contributed by atoms with Crippen molar-refractivity contribution in [2.75, 3.05) is 26.9 Å². The third-order valence-electron chi connectivity index (χ3n) is 16.4. The zero-order chi connectivity index (χ0) is 43.1. The number of fused-ring (bicyclic) bond motifs is 5. The van der Waals surface area contributed by atoms with Crippen molar-refractivity contribution in [2.45, 2.75) is 182 Å². The maximum Gasteiger partial charge on any atom is 0.331 e. The van der Waals surface area contributed by atoms with E-state index in [9.17, 15) is 50.8 Å². The molecular formula is C42H66O18. The quantitative estimate of drug-likeness (QED) is 0.0918. The molecule has 4 aliphatic carbocycles. The van der Waals surface area contributed by atoms with Crippen LogP contribution in [0.3, 0.4) is 0 Å². The Morgan fingerprint density at radius 3 is 2.18 bits per heavy atom. The second-order valence-corrected chi connectivity index (χ2v) is 19.4. The highest BCUT2D eigenvalue weighted by Crippen LogP contribution is 2.70. The second-order valence-electron chi connectivity index (χ2n) is 19.4. The molecule has 0 amide bonds. The number of cyclic esters (lactones) is 1. The van der Waals surface area contributed by atoms with Crippen molar-refractivity contribution in [3.05, 3.63) is 11.6 Å². The molecule has 342 valence electrons. The van der Waals surface area contributed by atoms with Gasteiger partial charge in [-0.05, 0) is 80.6 Å². The highest BCUT2D eigenvalue weighted by Gasteiger charge is 2.70. The van der Waals surface area contributed by atoms with Crippen LogP contribution in [0, 0.1) is 34.5 Å². The van der Waals surface area contributed by atoms with E-state index in [1.54, 1.807) is 6.92 Å². The topological polar surface area (TPSA) is 273 Å². The third-order valence-corrected chi connectivity index (χ3v) is 16.4. The minimum Gasteiger partial charge on any atom is -0.458 e. The second kappa shape index (κ2) is 17.2. The molecule has 0 spiro atoms. The van der Waals surface area contributed by atoms with Crippen LogP contribution < -0.4 is 0 Å². The number of esters is 1. The summed E-state index contributed by atoms with van der Waals surface area (Å²) >= 11 is 0. The van der Waals surface area contributed by atoms with Crippen LogP contribution in [-0.4, -0.2) is 183 Å². The average Bonchev–Trinajstić information content (AvgIpc) is 3.73. The lowest BCUT2D eigenvalue weighted by atomic mass is 9.43. The molecule has 4 saturated carbocycles. The SMILES string of the molecule is COC1CC(O[C@H]2CC[C@@]3(C)C(CCC4C3CC[C@]3(C)[C@@H](C5=CC(=O)OC5)[C@@H](O)CC43O)C2)OC(C)C1OC1OC(COC2OC(CO)C(O)C(O)C2O)C(O)C(O)C1O. The van der Waals surface area contributed by atoms with Gasteiger partial charge in [-0.25, -0.2) is 4.79 Å². The van der Waals surface area contributed by atoms with Crippen LogP contribution in [0.4, 0.5) is 0 Å². The Bertz CT molecular complexity index is 1570. The van der Waals surface area contributed by atoms with Crippen LogP contribution in [0.25, 0.3) is 0 Å². The van der Waals surface area contributed by atoms with E-state index in [-0.39, 0.29) is 41.8 Å². The molecular weight excluding hydrogens is 792 g/mol. The van der Waals surface area contributed by atoms with Crippen molar-refractivity contribution in [1.82, 2.24) is 0 Å². The predicted octanol–water partition coefficient (Wildman–Crippen LogP) is -1.24. The third kappa shape index (κ3) is 7.60. The molecule has 8 aliphatic rings. The van der Waals surface area contributed by atoms with Gasteiger partial charge in [0.05, 0.1) is 43.2 Å². The minimum atomic E-state index is -1.71. The molecule has 3 saturated heterocycles. The summed E-state index contributed by atoms with van der Waals surface area (Å²) in [6, 6.07) is 0. The van der Waals surface area contributed by atoms with Gasteiger partial charge in [0.2, 0.25) is 0 Å². The van der Waals surface area contributed by atoms with Gasteiger partial charge in [-0.3, -0.25) is 0 Å². The first kappa shape index (κ1) is 45.1. The van der Waals surface area contributed by atoms with Crippen molar-refractivity contribution in [3.8, 4) is 0 Å². The summed E-state index contributed by atoms with van der Waals surface area (Å²) in [5.41, 5.74) is -0.825. The first-order chi connectivity index (χ1) is 28.4. The van der Waals surface area contributed by atoms with E-state index in [4.69, 9.17) is 37.9 Å². The highest BCUT2D eigenvalue weighted by atomic mass is 16.8. The Balaban J connectivity index is 0.863. The molecule has 4 aliphatic heterocycles. The fourth-order valence-corrected chi connectivity index (χ4v) is 13.0. The number of carbonyl (C=O) groups excluding carboxylic acids is 1. The normalized spacial score (nSPS) is 54.4. The molecule has 9 N–H and O–H groups in total. The van der Waals surface area contributed by atoms with Gasteiger partial charge in [-0.2, -0.15) is 0 Å². The van der Waals surface area contributed by atoms with Gasteiger partial charge in [0, 0.05) is 37.4 Å². The van der Waals surface area contributed by atoms with Crippen LogP contribution in [0.15, 0.2) is 11.6 Å². The molecule has 23 atom stereocenters. The Kier molecular flexibility index (Phi) is 12.9. The van der Waals surface area contributed by atoms with Gasteiger partial charge in [-0.1, -0.05) is 13.8 Å². The van der Waals surface area contributed by atoms with Crippen LogP contribution in [0.1, 0.15) is 78.6 Å². The fraction of sp³-hybridized carbons (Fsp3) is 0.929. The monoisotopic (exact) mass is 858 g/mol. The molecule has 0 aromatic carbocycles. The predicted molar refractivity (Wildman–Crippen MR) is 203 cm³/mol. The van der Waals surface area contributed by atoms with Gasteiger partial charge in [-0.15, -0.1) is 0 Å². The molecule has 0 aromatic rings. The van der Waals surface area contributed by atoms with Gasteiger partial charge >= 0.3 is 5.97 Å². The lowest BCUT2D eigenvalue weighted by Crippen LogP contribution is -2.63. The first-order valence-corrected chi connectivity index (χ1v) is 21.8. The van der Waals surface area contributed by atoms with Crippen molar-refractivity contribution in [3.63, 3.8) is 0 Å². The minimum absolute atomic E-state index is 0.0139. The van der Waals surface area contributed by atoms with Crippen molar-refractivity contribution in [2.24, 2.45) is 34.5 Å². The maximum absolute atomic E-state index is 12.6. The smallest absolute Gasteiger partial charge is 0.331 e. The van der Waals surface area contributed by atoms with Gasteiger partial charge in [0.15, 0.2) is 18.9 Å². The molecule has 18 nitrogen and oxygen atoms in total. The lowest BCUT2D eigenvalue weighted by molar-refractivity contribution is -0.355. The number of ether oxygens (including phenoxy) is 8. The molecule has 0 aromatic heterocycles. The summed E-state index contributed by atoms with van der Waals surface area (Å²) in [6.07, 6.45) is -10.7. The Morgan fingerprint density at radius 2 is 1.50 bits per heavy atom. The number of hydrogen-bond donors (Lipinski definition) is 9. The molecule has 0 bridgehead atoms. The number of hydrogen-bond acceptors (Lipinski definition) is 18. The molecule has 8 rings (SSSR count). The zero-order valence-corrected chi connectivity index (χ0v) is 34.8. The van der Waals surface area contributed by atoms with Crippen LogP contribution >= 0.6 is 0 Å².